The van der Waals surface area contributed by atoms with Crippen molar-refractivity contribution in [2.75, 3.05) is 13.1 Å². The van der Waals surface area contributed by atoms with Crippen LogP contribution in [0.4, 0.5) is 0 Å². The van der Waals surface area contributed by atoms with Crippen molar-refractivity contribution in [3.63, 3.8) is 0 Å². The molecule has 2 aliphatic rings. The smallest absolute Gasteiger partial charge is 0.00683 e. The molecular weight excluding hydrogens is 172 g/mol. The summed E-state index contributed by atoms with van der Waals surface area (Å²) >= 11 is 0. The predicted octanol–water partition coefficient (Wildman–Crippen LogP) is 1.89. The molecule has 0 aliphatic heterocycles. The second-order valence-corrected chi connectivity index (χ2v) is 5.08. The molecule has 0 amide bonds. The SMILES string of the molecule is NCC(CNC1CC1)C1CCCCC1. The minimum Gasteiger partial charge on any atom is -0.330 e. The summed E-state index contributed by atoms with van der Waals surface area (Å²) in [4.78, 5) is 0. The van der Waals surface area contributed by atoms with Gasteiger partial charge in [-0.3, -0.25) is 0 Å². The first-order valence-electron chi connectivity index (χ1n) is 6.33. The van der Waals surface area contributed by atoms with E-state index in [4.69, 9.17) is 5.73 Å². The summed E-state index contributed by atoms with van der Waals surface area (Å²) in [6, 6.07) is 0.840. The Labute approximate surface area is 87.6 Å². The average molecular weight is 196 g/mol. The van der Waals surface area contributed by atoms with Crippen molar-refractivity contribution < 1.29 is 0 Å². The van der Waals surface area contributed by atoms with E-state index in [1.54, 1.807) is 0 Å². The molecule has 2 fully saturated rings. The van der Waals surface area contributed by atoms with Crippen LogP contribution in [0.15, 0.2) is 0 Å². The van der Waals surface area contributed by atoms with Crippen LogP contribution in [-0.2, 0) is 0 Å². The van der Waals surface area contributed by atoms with Crippen LogP contribution >= 0.6 is 0 Å². The lowest BCUT2D eigenvalue weighted by atomic mass is 9.80. The van der Waals surface area contributed by atoms with Gasteiger partial charge in [0.15, 0.2) is 0 Å². The maximum absolute atomic E-state index is 5.87. The highest BCUT2D eigenvalue weighted by atomic mass is 14.9. The van der Waals surface area contributed by atoms with E-state index >= 15 is 0 Å². The highest BCUT2D eigenvalue weighted by molar-refractivity contribution is 4.84. The van der Waals surface area contributed by atoms with Crippen LogP contribution in [-0.4, -0.2) is 19.1 Å². The van der Waals surface area contributed by atoms with E-state index in [2.05, 4.69) is 5.32 Å². The predicted molar refractivity (Wildman–Crippen MR) is 60.1 cm³/mol. The van der Waals surface area contributed by atoms with E-state index < -0.39 is 0 Å². The summed E-state index contributed by atoms with van der Waals surface area (Å²) < 4.78 is 0. The Balaban J connectivity index is 1.71. The molecule has 0 radical (unpaired) electrons. The number of hydrogen-bond acceptors (Lipinski definition) is 2. The molecule has 2 aliphatic carbocycles. The standard InChI is InChI=1S/C12H24N2/c13-8-11(9-14-12-6-7-12)10-4-2-1-3-5-10/h10-12,14H,1-9,13H2. The molecule has 2 saturated carbocycles. The molecular formula is C12H24N2. The minimum atomic E-state index is 0.746. The highest BCUT2D eigenvalue weighted by Crippen LogP contribution is 2.30. The van der Waals surface area contributed by atoms with Gasteiger partial charge in [-0.05, 0) is 37.8 Å². The molecule has 1 unspecified atom stereocenters. The minimum absolute atomic E-state index is 0.746. The topological polar surface area (TPSA) is 38.0 Å². The van der Waals surface area contributed by atoms with Crippen molar-refractivity contribution in [2.45, 2.75) is 51.0 Å². The molecule has 2 nitrogen and oxygen atoms in total. The van der Waals surface area contributed by atoms with E-state index in [-0.39, 0.29) is 0 Å². The van der Waals surface area contributed by atoms with Crippen molar-refractivity contribution in [3.8, 4) is 0 Å². The molecule has 0 aromatic rings. The molecule has 0 bridgehead atoms. The summed E-state index contributed by atoms with van der Waals surface area (Å²) in [5.74, 6) is 1.66. The maximum Gasteiger partial charge on any atom is 0.00683 e. The fourth-order valence-corrected chi connectivity index (χ4v) is 2.65. The van der Waals surface area contributed by atoms with Crippen LogP contribution in [0.25, 0.3) is 0 Å². The Morgan fingerprint density at radius 1 is 1.07 bits per heavy atom. The van der Waals surface area contributed by atoms with Crippen molar-refractivity contribution >= 4 is 0 Å². The second kappa shape index (κ2) is 5.13. The van der Waals surface area contributed by atoms with E-state index in [1.807, 2.05) is 0 Å². The molecule has 3 N–H and O–H groups in total. The van der Waals surface area contributed by atoms with Gasteiger partial charge in [0.25, 0.3) is 0 Å². The zero-order valence-corrected chi connectivity index (χ0v) is 9.17. The third-order valence-corrected chi connectivity index (χ3v) is 3.87. The molecule has 0 heterocycles. The van der Waals surface area contributed by atoms with Crippen molar-refractivity contribution in [1.82, 2.24) is 5.32 Å². The Morgan fingerprint density at radius 3 is 2.36 bits per heavy atom. The van der Waals surface area contributed by atoms with E-state index in [9.17, 15) is 0 Å². The lowest BCUT2D eigenvalue weighted by molar-refractivity contribution is 0.246. The Kier molecular flexibility index (Phi) is 3.82. The molecule has 0 spiro atoms. The molecule has 14 heavy (non-hydrogen) atoms. The van der Waals surface area contributed by atoms with Crippen LogP contribution in [0.1, 0.15) is 44.9 Å². The molecule has 0 aromatic carbocycles. The van der Waals surface area contributed by atoms with E-state index in [1.165, 1.54) is 51.5 Å². The summed E-state index contributed by atoms with van der Waals surface area (Å²) in [7, 11) is 0. The summed E-state index contributed by atoms with van der Waals surface area (Å²) in [6.45, 7) is 2.05. The van der Waals surface area contributed by atoms with Gasteiger partial charge >= 0.3 is 0 Å². The van der Waals surface area contributed by atoms with Gasteiger partial charge in [0, 0.05) is 6.04 Å². The lowest BCUT2D eigenvalue weighted by Crippen LogP contribution is -2.35. The van der Waals surface area contributed by atoms with Gasteiger partial charge in [-0.2, -0.15) is 0 Å². The fraction of sp³-hybridized carbons (Fsp3) is 1.00. The van der Waals surface area contributed by atoms with Crippen LogP contribution in [0.3, 0.4) is 0 Å². The van der Waals surface area contributed by atoms with Gasteiger partial charge in [-0.1, -0.05) is 32.1 Å². The first kappa shape index (κ1) is 10.4. The highest BCUT2D eigenvalue weighted by Gasteiger charge is 2.26. The van der Waals surface area contributed by atoms with Crippen molar-refractivity contribution in [2.24, 2.45) is 17.6 Å². The Morgan fingerprint density at radius 2 is 1.79 bits per heavy atom. The first-order chi connectivity index (χ1) is 6.90. The second-order valence-electron chi connectivity index (χ2n) is 5.08. The lowest BCUT2D eigenvalue weighted by Gasteiger charge is -2.29. The molecule has 0 saturated heterocycles. The zero-order chi connectivity index (χ0) is 9.80. The van der Waals surface area contributed by atoms with Gasteiger partial charge in [-0.25, -0.2) is 0 Å². The number of hydrogen-bond donors (Lipinski definition) is 2. The summed E-state index contributed by atoms with van der Waals surface area (Å²) in [6.07, 6.45) is 9.95. The number of nitrogens with one attached hydrogen (secondary N) is 1. The van der Waals surface area contributed by atoms with Crippen LogP contribution in [0, 0.1) is 11.8 Å². The van der Waals surface area contributed by atoms with Crippen molar-refractivity contribution in [3.05, 3.63) is 0 Å². The summed E-state index contributed by atoms with van der Waals surface area (Å²) in [5, 5.41) is 3.62. The van der Waals surface area contributed by atoms with Crippen LogP contribution in [0.5, 0.6) is 0 Å². The molecule has 1 atom stereocenters. The van der Waals surface area contributed by atoms with Gasteiger partial charge < -0.3 is 11.1 Å². The largest absolute Gasteiger partial charge is 0.330 e. The maximum atomic E-state index is 5.87. The molecule has 2 heteroatoms. The zero-order valence-electron chi connectivity index (χ0n) is 9.17. The van der Waals surface area contributed by atoms with Crippen LogP contribution in [0.2, 0.25) is 0 Å². The molecule has 2 rings (SSSR count). The van der Waals surface area contributed by atoms with Crippen LogP contribution < -0.4 is 11.1 Å². The van der Waals surface area contributed by atoms with Gasteiger partial charge in [0.05, 0.1) is 0 Å². The number of rotatable bonds is 5. The molecule has 0 aromatic heterocycles. The van der Waals surface area contributed by atoms with Crippen molar-refractivity contribution in [1.29, 1.82) is 0 Å². The number of nitrogens with two attached hydrogens (primary N) is 1. The third-order valence-electron chi connectivity index (χ3n) is 3.87. The van der Waals surface area contributed by atoms with E-state index in [0.717, 1.165) is 24.4 Å². The quantitative estimate of drug-likeness (QED) is 0.705. The van der Waals surface area contributed by atoms with Gasteiger partial charge in [-0.15, -0.1) is 0 Å². The molecule has 82 valence electrons. The van der Waals surface area contributed by atoms with Gasteiger partial charge in [0.1, 0.15) is 0 Å². The Bertz CT molecular complexity index is 160. The fourth-order valence-electron chi connectivity index (χ4n) is 2.65. The van der Waals surface area contributed by atoms with Gasteiger partial charge in [0.2, 0.25) is 0 Å². The monoisotopic (exact) mass is 196 g/mol. The first-order valence-corrected chi connectivity index (χ1v) is 6.33. The normalized spacial score (nSPS) is 26.4. The van der Waals surface area contributed by atoms with E-state index in [0.29, 0.717) is 0 Å². The average Bonchev–Trinajstić information content (AvgIpc) is 3.04. The third kappa shape index (κ3) is 2.96. The Hall–Kier alpha value is -0.0800. The summed E-state index contributed by atoms with van der Waals surface area (Å²) in [5.41, 5.74) is 5.87.